The molecule has 0 aromatic carbocycles. The number of rotatable bonds is 16. The van der Waals surface area contributed by atoms with Crippen molar-refractivity contribution in [2.45, 2.75) is 110 Å². The van der Waals surface area contributed by atoms with Crippen LogP contribution in [0.1, 0.15) is 104 Å². The third-order valence-electron chi connectivity index (χ3n) is 5.12. The van der Waals surface area contributed by atoms with Gasteiger partial charge in [0.05, 0.1) is 12.7 Å². The Morgan fingerprint density at radius 1 is 0.920 bits per heavy atom. The number of hydrogen-bond acceptors (Lipinski definition) is 3. The molecule has 1 heterocycles. The van der Waals surface area contributed by atoms with Gasteiger partial charge in [-0.3, -0.25) is 4.99 Å². The largest absolute Gasteiger partial charge is 0.343 e. The third-order valence-corrected chi connectivity index (χ3v) is 5.12. The Morgan fingerprint density at radius 3 is 2.08 bits per heavy atom. The van der Waals surface area contributed by atoms with Crippen molar-refractivity contribution < 1.29 is 0 Å². The van der Waals surface area contributed by atoms with Crippen LogP contribution in [0.3, 0.4) is 0 Å². The number of unbranched alkanes of at least 4 members (excludes halogenated alkanes) is 11. The molecular weight excluding hydrogens is 306 g/mol. The van der Waals surface area contributed by atoms with Crippen molar-refractivity contribution >= 4 is 5.84 Å². The van der Waals surface area contributed by atoms with Gasteiger partial charge in [-0.1, -0.05) is 70.4 Å². The van der Waals surface area contributed by atoms with Crippen molar-refractivity contribution in [2.24, 2.45) is 10.7 Å². The molecule has 0 radical (unpaired) electrons. The lowest BCUT2D eigenvalue weighted by molar-refractivity contribution is 0.358. The van der Waals surface area contributed by atoms with Gasteiger partial charge in [0.2, 0.25) is 0 Å². The molecule has 0 aromatic heterocycles. The Morgan fingerprint density at radius 2 is 1.48 bits per heavy atom. The van der Waals surface area contributed by atoms with Crippen LogP contribution in [0.2, 0.25) is 0 Å². The van der Waals surface area contributed by atoms with Crippen LogP contribution < -0.4 is 5.73 Å². The zero-order valence-electron chi connectivity index (χ0n) is 17.0. The van der Waals surface area contributed by atoms with E-state index >= 15 is 0 Å². The molecule has 3 nitrogen and oxygen atoms in total. The maximum absolute atomic E-state index is 5.98. The Labute approximate surface area is 157 Å². The zero-order valence-corrected chi connectivity index (χ0v) is 17.0. The van der Waals surface area contributed by atoms with Crippen LogP contribution in [-0.2, 0) is 0 Å². The summed E-state index contributed by atoms with van der Waals surface area (Å²) in [5.74, 6) is 1.25. The fourth-order valence-corrected chi connectivity index (χ4v) is 3.52. The molecule has 25 heavy (non-hydrogen) atoms. The number of hydrogen-bond donors (Lipinski definition) is 1. The lowest BCUT2D eigenvalue weighted by Gasteiger charge is -2.24. The Hall–Kier alpha value is -0.830. The van der Waals surface area contributed by atoms with E-state index in [-0.39, 0.29) is 6.17 Å². The second-order valence-corrected chi connectivity index (χ2v) is 7.57. The zero-order chi connectivity index (χ0) is 18.2. The molecule has 0 saturated heterocycles. The summed E-state index contributed by atoms with van der Waals surface area (Å²) in [6.07, 6.45) is 23.6. The van der Waals surface area contributed by atoms with E-state index in [1.54, 1.807) is 0 Å². The molecule has 1 atom stereocenters. The van der Waals surface area contributed by atoms with Gasteiger partial charge in [0.25, 0.3) is 0 Å². The van der Waals surface area contributed by atoms with Crippen molar-refractivity contribution in [1.29, 1.82) is 0 Å². The van der Waals surface area contributed by atoms with E-state index in [9.17, 15) is 0 Å². The average Bonchev–Trinajstić information content (AvgIpc) is 3.07. The highest BCUT2D eigenvalue weighted by Gasteiger charge is 2.18. The molecular formula is C22H43N3. The summed E-state index contributed by atoms with van der Waals surface area (Å²) in [4.78, 5) is 6.86. The molecule has 1 aliphatic rings. The van der Waals surface area contributed by atoms with Gasteiger partial charge in [0, 0.05) is 13.0 Å². The molecule has 3 heteroatoms. The molecule has 1 unspecified atom stereocenters. The third kappa shape index (κ3) is 11.4. The first-order chi connectivity index (χ1) is 12.3. The molecule has 2 N–H and O–H groups in total. The summed E-state index contributed by atoms with van der Waals surface area (Å²) in [5, 5.41) is 0. The first-order valence-corrected chi connectivity index (χ1v) is 11.0. The van der Waals surface area contributed by atoms with Gasteiger partial charge in [-0.25, -0.2) is 0 Å². The van der Waals surface area contributed by atoms with Crippen LogP contribution >= 0.6 is 0 Å². The number of nitrogens with two attached hydrogens (primary N) is 1. The van der Waals surface area contributed by atoms with Crippen molar-refractivity contribution in [3.63, 3.8) is 0 Å². The summed E-state index contributed by atoms with van der Waals surface area (Å²) < 4.78 is 0. The van der Waals surface area contributed by atoms with Crippen molar-refractivity contribution in [1.82, 2.24) is 4.90 Å². The van der Waals surface area contributed by atoms with E-state index in [1.807, 2.05) is 0 Å². The van der Waals surface area contributed by atoms with Crippen LogP contribution in [0.4, 0.5) is 0 Å². The van der Waals surface area contributed by atoms with Crippen LogP contribution in [0.5, 0.6) is 0 Å². The van der Waals surface area contributed by atoms with E-state index in [0.29, 0.717) is 0 Å². The number of aliphatic imine (C=N–C) groups is 1. The minimum atomic E-state index is 0.118. The summed E-state index contributed by atoms with van der Waals surface area (Å²) in [7, 11) is 0. The Bertz CT molecular complexity index is 360. The van der Waals surface area contributed by atoms with Gasteiger partial charge in [0.15, 0.2) is 0 Å². The van der Waals surface area contributed by atoms with E-state index in [4.69, 9.17) is 5.73 Å². The molecule has 0 spiro atoms. The van der Waals surface area contributed by atoms with Crippen LogP contribution in [0.25, 0.3) is 0 Å². The molecule has 0 amide bonds. The minimum absolute atomic E-state index is 0.118. The van der Waals surface area contributed by atoms with Crippen molar-refractivity contribution in [2.75, 3.05) is 13.1 Å². The quantitative estimate of drug-likeness (QED) is 0.272. The SMILES string of the molecule is CCCCC/C=C/CCCCCCCCCCC1=NCCN1C(C)N. The standard InChI is InChI=1S/C22H43N3/c1-3-4-5-6-7-8-9-10-11-12-13-14-15-16-17-18-22-24-19-20-25(22)21(2)23/h7-8,21H,3-6,9-20,23H2,1-2H3/b8-7+. The highest BCUT2D eigenvalue weighted by molar-refractivity contribution is 5.83. The first-order valence-electron chi connectivity index (χ1n) is 11.0. The Balaban J connectivity index is 1.82. The van der Waals surface area contributed by atoms with Crippen LogP contribution in [-0.4, -0.2) is 30.0 Å². The molecule has 0 aromatic rings. The Kier molecular flexibility index (Phi) is 13.7. The highest BCUT2D eigenvalue weighted by Crippen LogP contribution is 2.14. The molecule has 146 valence electrons. The maximum atomic E-state index is 5.98. The fraction of sp³-hybridized carbons (Fsp3) is 0.864. The van der Waals surface area contributed by atoms with Gasteiger partial charge in [0.1, 0.15) is 5.84 Å². The van der Waals surface area contributed by atoms with Crippen LogP contribution in [0, 0.1) is 0 Å². The number of nitrogens with zero attached hydrogens (tertiary/aromatic N) is 2. The van der Waals surface area contributed by atoms with E-state index in [1.165, 1.54) is 89.3 Å². The van der Waals surface area contributed by atoms with Gasteiger partial charge in [-0.05, 0) is 39.0 Å². The van der Waals surface area contributed by atoms with Crippen molar-refractivity contribution in [3.05, 3.63) is 12.2 Å². The second-order valence-electron chi connectivity index (χ2n) is 7.57. The summed E-state index contributed by atoms with van der Waals surface area (Å²) in [5.41, 5.74) is 5.98. The van der Waals surface area contributed by atoms with Crippen LogP contribution in [0.15, 0.2) is 17.1 Å². The molecule has 1 rings (SSSR count). The fourth-order valence-electron chi connectivity index (χ4n) is 3.52. The number of amidine groups is 1. The summed E-state index contributed by atoms with van der Waals surface area (Å²) in [6, 6.07) is 0. The lowest BCUT2D eigenvalue weighted by Crippen LogP contribution is -2.41. The molecule has 0 bridgehead atoms. The van der Waals surface area contributed by atoms with E-state index in [0.717, 1.165) is 19.5 Å². The van der Waals surface area contributed by atoms with Gasteiger partial charge in [-0.2, -0.15) is 0 Å². The number of allylic oxidation sites excluding steroid dienone is 2. The van der Waals surface area contributed by atoms with Gasteiger partial charge < -0.3 is 10.6 Å². The predicted octanol–water partition coefficient (Wildman–Crippen LogP) is 6.04. The predicted molar refractivity (Wildman–Crippen MR) is 112 cm³/mol. The smallest absolute Gasteiger partial charge is 0.100 e. The molecule has 1 aliphatic heterocycles. The van der Waals surface area contributed by atoms with Gasteiger partial charge >= 0.3 is 0 Å². The average molecular weight is 350 g/mol. The van der Waals surface area contributed by atoms with E-state index in [2.05, 4.69) is 35.9 Å². The maximum Gasteiger partial charge on any atom is 0.100 e. The highest BCUT2D eigenvalue weighted by atomic mass is 15.3. The normalized spacial score (nSPS) is 16.0. The first kappa shape index (κ1) is 22.2. The van der Waals surface area contributed by atoms with Crippen molar-refractivity contribution in [3.8, 4) is 0 Å². The minimum Gasteiger partial charge on any atom is -0.343 e. The second kappa shape index (κ2) is 15.4. The summed E-state index contributed by atoms with van der Waals surface area (Å²) >= 11 is 0. The molecule has 0 fully saturated rings. The lowest BCUT2D eigenvalue weighted by atomic mass is 10.1. The summed E-state index contributed by atoms with van der Waals surface area (Å²) in [6.45, 7) is 6.28. The van der Waals surface area contributed by atoms with Gasteiger partial charge in [-0.15, -0.1) is 0 Å². The van der Waals surface area contributed by atoms with E-state index < -0.39 is 0 Å². The molecule has 0 saturated carbocycles. The topological polar surface area (TPSA) is 41.6 Å². The molecule has 0 aliphatic carbocycles. The monoisotopic (exact) mass is 349 g/mol.